The van der Waals surface area contributed by atoms with E-state index in [9.17, 15) is 0 Å². The van der Waals surface area contributed by atoms with Gasteiger partial charge in [0.05, 0.1) is 0 Å². The molecule has 0 aliphatic heterocycles. The molecule has 11 rings (SSSR count). The van der Waals surface area contributed by atoms with E-state index in [-0.39, 0.29) is 0 Å². The first-order valence-corrected chi connectivity index (χ1v) is 19.8. The molecule has 0 saturated carbocycles. The minimum atomic E-state index is 0.891. The molecule has 0 saturated heterocycles. The van der Waals surface area contributed by atoms with Gasteiger partial charge in [0.15, 0.2) is 0 Å². The Balaban J connectivity index is 1.09. The molecule has 11 aromatic rings. The predicted molar refractivity (Wildman–Crippen MR) is 245 cm³/mol. The summed E-state index contributed by atoms with van der Waals surface area (Å²) in [6.07, 6.45) is 0. The van der Waals surface area contributed by atoms with Crippen LogP contribution in [0.4, 0.5) is 17.1 Å². The molecule has 58 heavy (non-hydrogen) atoms. The molecule has 0 atom stereocenters. The lowest BCUT2D eigenvalue weighted by Crippen LogP contribution is -2.10. The molecule has 0 spiro atoms. The fourth-order valence-electron chi connectivity index (χ4n) is 8.69. The Morgan fingerprint density at radius 2 is 0.793 bits per heavy atom. The maximum atomic E-state index is 6.62. The molecule has 0 unspecified atom stereocenters. The van der Waals surface area contributed by atoms with Crippen LogP contribution in [0.1, 0.15) is 0 Å². The first kappa shape index (κ1) is 33.6. The Labute approximate surface area is 337 Å². The number of furan rings is 1. The van der Waals surface area contributed by atoms with E-state index in [0.717, 1.165) is 61.3 Å². The molecule has 2 nitrogen and oxygen atoms in total. The molecule has 0 radical (unpaired) electrons. The fourth-order valence-corrected chi connectivity index (χ4v) is 8.69. The Kier molecular flexibility index (Phi) is 8.19. The average Bonchev–Trinajstić information content (AvgIpc) is 3.70. The largest absolute Gasteiger partial charge is 0.455 e. The van der Waals surface area contributed by atoms with Crippen molar-refractivity contribution in [1.82, 2.24) is 0 Å². The first-order valence-electron chi connectivity index (χ1n) is 19.8. The van der Waals surface area contributed by atoms with Gasteiger partial charge in [-0.2, -0.15) is 0 Å². The quantitative estimate of drug-likeness (QED) is 0.151. The molecule has 1 aromatic heterocycles. The van der Waals surface area contributed by atoms with Crippen molar-refractivity contribution < 1.29 is 4.42 Å². The summed E-state index contributed by atoms with van der Waals surface area (Å²) in [7, 11) is 0. The van der Waals surface area contributed by atoms with Gasteiger partial charge in [-0.1, -0.05) is 176 Å². The van der Waals surface area contributed by atoms with E-state index < -0.39 is 0 Å². The van der Waals surface area contributed by atoms with E-state index in [0.29, 0.717) is 0 Å². The zero-order chi connectivity index (χ0) is 38.4. The van der Waals surface area contributed by atoms with Gasteiger partial charge in [0, 0.05) is 33.4 Å². The number of hydrogen-bond acceptors (Lipinski definition) is 2. The van der Waals surface area contributed by atoms with Crippen LogP contribution in [0.3, 0.4) is 0 Å². The zero-order valence-electron chi connectivity index (χ0n) is 31.7. The van der Waals surface area contributed by atoms with E-state index >= 15 is 0 Å². The number of para-hydroxylation sites is 1. The van der Waals surface area contributed by atoms with Crippen LogP contribution in [-0.4, -0.2) is 0 Å². The van der Waals surface area contributed by atoms with E-state index in [1.54, 1.807) is 0 Å². The molecule has 272 valence electrons. The van der Waals surface area contributed by atoms with Gasteiger partial charge in [-0.3, -0.25) is 0 Å². The summed E-state index contributed by atoms with van der Waals surface area (Å²) < 4.78 is 6.62. The summed E-state index contributed by atoms with van der Waals surface area (Å²) >= 11 is 0. The van der Waals surface area contributed by atoms with Crippen LogP contribution in [0.2, 0.25) is 0 Å². The van der Waals surface area contributed by atoms with E-state index in [1.807, 2.05) is 6.07 Å². The Hall–Kier alpha value is -7.68. The summed E-state index contributed by atoms with van der Waals surface area (Å²) in [5, 5.41) is 7.21. The van der Waals surface area contributed by atoms with Gasteiger partial charge in [0.2, 0.25) is 0 Å². The molecular weight excluding hydrogens is 703 g/mol. The Morgan fingerprint density at radius 3 is 1.53 bits per heavy atom. The van der Waals surface area contributed by atoms with Crippen molar-refractivity contribution in [1.29, 1.82) is 0 Å². The molecule has 0 fully saturated rings. The topological polar surface area (TPSA) is 16.4 Å². The molecule has 0 N–H and O–H groups in total. The average molecular weight is 740 g/mol. The number of nitrogens with zero attached hydrogens (tertiary/aromatic N) is 1. The van der Waals surface area contributed by atoms with Crippen LogP contribution in [0, 0.1) is 0 Å². The molecule has 1 heterocycles. The van der Waals surface area contributed by atoms with E-state index in [1.165, 1.54) is 43.8 Å². The van der Waals surface area contributed by atoms with Gasteiger partial charge in [-0.25, -0.2) is 0 Å². The van der Waals surface area contributed by atoms with Crippen molar-refractivity contribution >= 4 is 60.5 Å². The molecule has 10 aromatic carbocycles. The van der Waals surface area contributed by atoms with E-state index in [4.69, 9.17) is 4.42 Å². The Morgan fingerprint density at radius 1 is 0.293 bits per heavy atom. The third-order valence-electron chi connectivity index (χ3n) is 11.5. The standard InChI is InChI=1S/C56H37NO/c1-4-14-38(15-5-1)48-32-31-46(37-53(48)40-18-8-3-9-19-40)57(45-30-33-49-43(36-45)25-24-41-20-10-11-21-47(41)49)44-28-26-42(27-29-44)50-34-35-51(39-16-6-2-7-17-39)56-55(50)52-22-12-13-23-54(52)58-56/h1-37H. The smallest absolute Gasteiger partial charge is 0.143 e. The van der Waals surface area contributed by atoms with Crippen molar-refractivity contribution in [2.24, 2.45) is 0 Å². The lowest BCUT2D eigenvalue weighted by molar-refractivity contribution is 0.670. The van der Waals surface area contributed by atoms with Crippen molar-refractivity contribution in [2.45, 2.75) is 0 Å². The number of fused-ring (bicyclic) bond motifs is 6. The molecule has 0 bridgehead atoms. The van der Waals surface area contributed by atoms with Gasteiger partial charge in [-0.05, 0) is 109 Å². The highest BCUT2D eigenvalue weighted by Gasteiger charge is 2.20. The Bertz CT molecular complexity index is 3260. The van der Waals surface area contributed by atoms with Gasteiger partial charge in [0.1, 0.15) is 11.2 Å². The highest BCUT2D eigenvalue weighted by molar-refractivity contribution is 6.16. The van der Waals surface area contributed by atoms with Crippen LogP contribution < -0.4 is 4.90 Å². The highest BCUT2D eigenvalue weighted by atomic mass is 16.3. The highest BCUT2D eigenvalue weighted by Crippen LogP contribution is 2.45. The third kappa shape index (κ3) is 5.82. The molecule has 0 aliphatic rings. The molecule has 2 heteroatoms. The van der Waals surface area contributed by atoms with Crippen molar-refractivity contribution in [3.05, 3.63) is 224 Å². The van der Waals surface area contributed by atoms with Crippen molar-refractivity contribution in [3.63, 3.8) is 0 Å². The van der Waals surface area contributed by atoms with Crippen LogP contribution in [0.5, 0.6) is 0 Å². The van der Waals surface area contributed by atoms with Gasteiger partial charge < -0.3 is 9.32 Å². The van der Waals surface area contributed by atoms with Crippen LogP contribution in [-0.2, 0) is 0 Å². The minimum Gasteiger partial charge on any atom is -0.455 e. The summed E-state index contributed by atoms with van der Waals surface area (Å²) in [5.74, 6) is 0. The van der Waals surface area contributed by atoms with Crippen molar-refractivity contribution in [2.75, 3.05) is 4.90 Å². The maximum absolute atomic E-state index is 6.62. The van der Waals surface area contributed by atoms with Gasteiger partial charge >= 0.3 is 0 Å². The lowest BCUT2D eigenvalue weighted by Gasteiger charge is -2.27. The first-order chi connectivity index (χ1) is 28.8. The lowest BCUT2D eigenvalue weighted by atomic mass is 9.93. The van der Waals surface area contributed by atoms with Gasteiger partial charge in [0.25, 0.3) is 0 Å². The maximum Gasteiger partial charge on any atom is 0.143 e. The number of benzene rings is 10. The summed E-state index contributed by atoms with van der Waals surface area (Å²) in [6, 6.07) is 80.6. The monoisotopic (exact) mass is 739 g/mol. The number of hydrogen-bond donors (Lipinski definition) is 0. The molecule has 0 amide bonds. The third-order valence-corrected chi connectivity index (χ3v) is 11.5. The second kappa shape index (κ2) is 14.1. The summed E-state index contributed by atoms with van der Waals surface area (Å²) in [6.45, 7) is 0. The summed E-state index contributed by atoms with van der Waals surface area (Å²) in [5.41, 5.74) is 14.3. The van der Waals surface area contributed by atoms with Crippen LogP contribution in [0.25, 0.3) is 88.0 Å². The second-order valence-electron chi connectivity index (χ2n) is 14.9. The molecular formula is C56H37NO. The van der Waals surface area contributed by atoms with Gasteiger partial charge in [-0.15, -0.1) is 0 Å². The zero-order valence-corrected chi connectivity index (χ0v) is 31.7. The van der Waals surface area contributed by atoms with Crippen molar-refractivity contribution in [3.8, 4) is 44.5 Å². The van der Waals surface area contributed by atoms with Crippen LogP contribution >= 0.6 is 0 Å². The fraction of sp³-hybridized carbons (Fsp3) is 0. The number of anilines is 3. The minimum absolute atomic E-state index is 0.891. The SMILES string of the molecule is c1ccc(-c2ccc(N(c3ccc(-c4ccc(-c5ccccc5)c5oc6ccccc6c45)cc3)c3ccc4c(ccc5ccccc54)c3)cc2-c2ccccc2)cc1. The molecule has 0 aliphatic carbocycles. The van der Waals surface area contributed by atoms with E-state index in [2.05, 4.69) is 223 Å². The van der Waals surface area contributed by atoms with Crippen LogP contribution in [0.15, 0.2) is 229 Å². The normalized spacial score (nSPS) is 11.4. The number of rotatable bonds is 7. The summed E-state index contributed by atoms with van der Waals surface area (Å²) in [4.78, 5) is 2.39. The second-order valence-corrected chi connectivity index (χ2v) is 14.9. The predicted octanol–water partition coefficient (Wildman–Crippen LogP) is 16.0.